The van der Waals surface area contributed by atoms with Crippen molar-refractivity contribution in [3.63, 3.8) is 0 Å². The van der Waals surface area contributed by atoms with E-state index in [9.17, 15) is 9.18 Å². The molecular weight excluding hydrogens is 373 g/mol. The first kappa shape index (κ1) is 17.8. The van der Waals surface area contributed by atoms with E-state index < -0.39 is 6.17 Å². The first-order valence-electron chi connectivity index (χ1n) is 9.79. The number of aromatic nitrogens is 5. The lowest BCUT2D eigenvalue weighted by Crippen LogP contribution is -2.23. The maximum absolute atomic E-state index is 13.4. The third-order valence-corrected chi connectivity index (χ3v) is 5.45. The highest BCUT2D eigenvalue weighted by atomic mass is 19.1. The molecule has 9 heteroatoms. The number of alkyl halides is 1. The third-order valence-electron chi connectivity index (χ3n) is 5.45. The van der Waals surface area contributed by atoms with Gasteiger partial charge in [-0.3, -0.25) is 14.4 Å². The van der Waals surface area contributed by atoms with E-state index in [0.717, 1.165) is 22.9 Å². The Bertz CT molecular complexity index is 1060. The Balaban J connectivity index is 1.34. The standard InChI is InChI=1S/C20H22FN7O/c1-13(2)27-10-16(8-23-27)26-12-18-17(20(26)29)11-28(24-18)15-3-4-19(22-7-15)25-6-5-14(21)9-25/h3-4,7-8,10-11,13-14H,5-6,9,12H2,1-2H3/t14-/m0/s1. The number of fused-ring (bicyclic) bond motifs is 1. The van der Waals surface area contributed by atoms with Gasteiger partial charge in [-0.15, -0.1) is 0 Å². The van der Waals surface area contributed by atoms with Crippen LogP contribution in [-0.4, -0.2) is 49.7 Å². The number of anilines is 2. The van der Waals surface area contributed by atoms with Crippen LogP contribution in [0.1, 0.15) is 42.4 Å². The number of hydrogen-bond acceptors (Lipinski definition) is 5. The van der Waals surface area contributed by atoms with E-state index in [1.165, 1.54) is 0 Å². The number of carbonyl (C=O) groups excluding carboxylic acids is 1. The number of pyridine rings is 1. The van der Waals surface area contributed by atoms with Crippen molar-refractivity contribution < 1.29 is 9.18 Å². The van der Waals surface area contributed by atoms with Gasteiger partial charge >= 0.3 is 0 Å². The highest BCUT2D eigenvalue weighted by Gasteiger charge is 2.33. The Morgan fingerprint density at radius 2 is 2.03 bits per heavy atom. The van der Waals surface area contributed by atoms with Crippen molar-refractivity contribution in [1.82, 2.24) is 24.5 Å². The second-order valence-corrected chi connectivity index (χ2v) is 7.80. The normalized spacial score (nSPS) is 18.9. The van der Waals surface area contributed by atoms with Crippen LogP contribution in [0.2, 0.25) is 0 Å². The van der Waals surface area contributed by atoms with Crippen LogP contribution >= 0.6 is 0 Å². The quantitative estimate of drug-likeness (QED) is 0.679. The molecule has 1 atom stereocenters. The molecule has 5 heterocycles. The van der Waals surface area contributed by atoms with Gasteiger partial charge in [-0.1, -0.05) is 0 Å². The molecule has 150 valence electrons. The van der Waals surface area contributed by atoms with Crippen LogP contribution in [0.4, 0.5) is 15.9 Å². The topological polar surface area (TPSA) is 72.1 Å². The van der Waals surface area contributed by atoms with E-state index in [-0.39, 0.29) is 11.9 Å². The smallest absolute Gasteiger partial charge is 0.262 e. The molecule has 0 N–H and O–H groups in total. The van der Waals surface area contributed by atoms with Gasteiger partial charge in [-0.05, 0) is 32.4 Å². The van der Waals surface area contributed by atoms with Gasteiger partial charge in [-0.25, -0.2) is 14.1 Å². The number of carbonyl (C=O) groups is 1. The number of halogens is 1. The molecule has 0 aliphatic carbocycles. The zero-order valence-electron chi connectivity index (χ0n) is 16.4. The molecule has 0 unspecified atom stereocenters. The number of rotatable bonds is 4. The summed E-state index contributed by atoms with van der Waals surface area (Å²) >= 11 is 0. The maximum Gasteiger partial charge on any atom is 0.262 e. The van der Waals surface area contributed by atoms with Gasteiger partial charge in [0.2, 0.25) is 0 Å². The minimum atomic E-state index is -0.785. The summed E-state index contributed by atoms with van der Waals surface area (Å²) in [7, 11) is 0. The molecule has 0 aromatic carbocycles. The molecule has 3 aromatic heterocycles. The molecule has 2 aliphatic heterocycles. The average molecular weight is 395 g/mol. The molecule has 0 saturated carbocycles. The predicted molar refractivity (Wildman–Crippen MR) is 106 cm³/mol. The number of nitrogens with zero attached hydrogens (tertiary/aromatic N) is 7. The van der Waals surface area contributed by atoms with Crippen molar-refractivity contribution in [3.8, 4) is 5.69 Å². The first-order valence-corrected chi connectivity index (χ1v) is 9.79. The lowest BCUT2D eigenvalue weighted by Gasteiger charge is -2.16. The molecular formula is C20H22FN7O. The number of hydrogen-bond donors (Lipinski definition) is 0. The Morgan fingerprint density at radius 1 is 1.17 bits per heavy atom. The fraction of sp³-hybridized carbons (Fsp3) is 0.400. The summed E-state index contributed by atoms with van der Waals surface area (Å²) in [6.45, 7) is 5.57. The Labute approximate surface area is 167 Å². The third kappa shape index (κ3) is 3.06. The molecule has 0 radical (unpaired) electrons. The van der Waals surface area contributed by atoms with Gasteiger partial charge in [-0.2, -0.15) is 10.2 Å². The summed E-state index contributed by atoms with van der Waals surface area (Å²) in [4.78, 5) is 20.9. The fourth-order valence-corrected chi connectivity index (χ4v) is 3.79. The predicted octanol–water partition coefficient (Wildman–Crippen LogP) is 2.75. The molecule has 8 nitrogen and oxygen atoms in total. The van der Waals surface area contributed by atoms with Crippen LogP contribution in [0.25, 0.3) is 5.69 Å². The first-order chi connectivity index (χ1) is 14.0. The molecule has 0 bridgehead atoms. The van der Waals surface area contributed by atoms with E-state index >= 15 is 0 Å². The van der Waals surface area contributed by atoms with Gasteiger partial charge in [0.1, 0.15) is 12.0 Å². The zero-order valence-corrected chi connectivity index (χ0v) is 16.4. The largest absolute Gasteiger partial charge is 0.354 e. The Morgan fingerprint density at radius 3 is 2.66 bits per heavy atom. The maximum atomic E-state index is 13.4. The lowest BCUT2D eigenvalue weighted by molar-refractivity contribution is 0.0996. The fourth-order valence-electron chi connectivity index (χ4n) is 3.79. The molecule has 1 amide bonds. The summed E-state index contributed by atoms with van der Waals surface area (Å²) in [6.07, 6.45) is 6.80. The van der Waals surface area contributed by atoms with Crippen molar-refractivity contribution >= 4 is 17.4 Å². The van der Waals surface area contributed by atoms with E-state index in [1.54, 1.807) is 28.2 Å². The summed E-state index contributed by atoms with van der Waals surface area (Å²) in [5.41, 5.74) is 2.87. The van der Waals surface area contributed by atoms with Crippen molar-refractivity contribution in [1.29, 1.82) is 0 Å². The van der Waals surface area contributed by atoms with Crippen molar-refractivity contribution in [2.24, 2.45) is 0 Å². The lowest BCUT2D eigenvalue weighted by atomic mass is 10.3. The second-order valence-electron chi connectivity index (χ2n) is 7.80. The molecule has 3 aromatic rings. The minimum Gasteiger partial charge on any atom is -0.354 e. The summed E-state index contributed by atoms with van der Waals surface area (Å²) in [5, 5.41) is 8.90. The Kier molecular flexibility index (Phi) is 4.11. The Hall–Kier alpha value is -3.23. The van der Waals surface area contributed by atoms with E-state index in [2.05, 4.69) is 15.2 Å². The van der Waals surface area contributed by atoms with Crippen LogP contribution < -0.4 is 9.80 Å². The highest BCUT2D eigenvalue weighted by Crippen LogP contribution is 2.29. The van der Waals surface area contributed by atoms with E-state index in [4.69, 9.17) is 0 Å². The summed E-state index contributed by atoms with van der Waals surface area (Å²) in [5.74, 6) is 0.684. The van der Waals surface area contributed by atoms with Gasteiger partial charge in [0.05, 0.1) is 48.1 Å². The molecule has 1 fully saturated rings. The van der Waals surface area contributed by atoms with Crippen molar-refractivity contribution in [2.75, 3.05) is 22.9 Å². The van der Waals surface area contributed by atoms with Crippen LogP contribution in [-0.2, 0) is 6.54 Å². The van der Waals surface area contributed by atoms with Gasteiger partial charge in [0, 0.05) is 25.0 Å². The van der Waals surface area contributed by atoms with Crippen molar-refractivity contribution in [3.05, 3.63) is 48.2 Å². The highest BCUT2D eigenvalue weighted by molar-refractivity contribution is 6.09. The SMILES string of the molecule is CC(C)n1cc(N2Cc3nn(-c4ccc(N5CC[C@H](F)C5)nc4)cc3C2=O)cn1. The molecule has 0 spiro atoms. The molecule has 1 saturated heterocycles. The number of amides is 1. The van der Waals surface area contributed by atoms with Crippen LogP contribution in [0.15, 0.2) is 36.9 Å². The summed E-state index contributed by atoms with van der Waals surface area (Å²) < 4.78 is 16.9. The van der Waals surface area contributed by atoms with Crippen molar-refractivity contribution in [2.45, 2.75) is 39.0 Å². The van der Waals surface area contributed by atoms with E-state index in [0.29, 0.717) is 31.6 Å². The molecule has 2 aliphatic rings. The average Bonchev–Trinajstić information content (AvgIpc) is 3.47. The monoisotopic (exact) mass is 395 g/mol. The van der Waals surface area contributed by atoms with Gasteiger partial charge < -0.3 is 4.90 Å². The second kappa shape index (κ2) is 6.68. The van der Waals surface area contributed by atoms with Crippen LogP contribution in [0.3, 0.4) is 0 Å². The van der Waals surface area contributed by atoms with E-state index in [1.807, 2.05) is 41.8 Å². The summed E-state index contributed by atoms with van der Waals surface area (Å²) in [6, 6.07) is 4.00. The van der Waals surface area contributed by atoms with Crippen LogP contribution in [0, 0.1) is 0 Å². The van der Waals surface area contributed by atoms with Crippen LogP contribution in [0.5, 0.6) is 0 Å². The molecule has 29 heavy (non-hydrogen) atoms. The van der Waals surface area contributed by atoms with Gasteiger partial charge in [0.15, 0.2) is 0 Å². The zero-order chi connectivity index (χ0) is 20.1. The molecule has 5 rings (SSSR count). The van der Waals surface area contributed by atoms with Gasteiger partial charge in [0.25, 0.3) is 5.91 Å². The minimum absolute atomic E-state index is 0.0785.